The lowest BCUT2D eigenvalue weighted by atomic mass is 10.1. The fourth-order valence-electron chi connectivity index (χ4n) is 1.56. The van der Waals surface area contributed by atoms with Crippen molar-refractivity contribution in [2.75, 3.05) is 7.11 Å². The van der Waals surface area contributed by atoms with Crippen LogP contribution in [0, 0.1) is 5.92 Å². The zero-order valence-corrected chi connectivity index (χ0v) is 12.6. The second-order valence-electron chi connectivity index (χ2n) is 4.80. The number of hydrogen-bond acceptors (Lipinski definition) is 3. The average molecular weight is 277 g/mol. The Morgan fingerprint density at radius 2 is 1.95 bits per heavy atom. The van der Waals surface area contributed by atoms with Gasteiger partial charge >= 0.3 is 0 Å². The summed E-state index contributed by atoms with van der Waals surface area (Å²) < 4.78 is 10.2. The lowest BCUT2D eigenvalue weighted by molar-refractivity contribution is 0.0976. The summed E-state index contributed by atoms with van der Waals surface area (Å²) >= 11 is 0. The molecule has 0 aliphatic rings. The largest absolute Gasteiger partial charge is 0.497 e. The Bertz CT molecular complexity index is 556. The van der Waals surface area contributed by atoms with Crippen molar-refractivity contribution in [2.45, 2.75) is 33.6 Å². The van der Waals surface area contributed by atoms with E-state index < -0.39 is 5.91 Å². The molecule has 0 atom stereocenters. The molecule has 0 aliphatic heterocycles. The highest BCUT2D eigenvalue weighted by atomic mass is 16.5. The highest BCUT2D eigenvalue weighted by Crippen LogP contribution is 2.23. The molecule has 0 bridgehead atoms. The summed E-state index contributed by atoms with van der Waals surface area (Å²) in [6.07, 6.45) is 2.66. The number of ether oxygens (including phenoxy) is 1. The van der Waals surface area contributed by atoms with E-state index in [0.29, 0.717) is 11.3 Å². The maximum atomic E-state index is 10.8. The van der Waals surface area contributed by atoms with Crippen molar-refractivity contribution in [2.24, 2.45) is 11.7 Å². The van der Waals surface area contributed by atoms with Gasteiger partial charge in [0, 0.05) is 5.39 Å². The van der Waals surface area contributed by atoms with E-state index in [9.17, 15) is 4.79 Å². The van der Waals surface area contributed by atoms with Crippen LogP contribution in [0.2, 0.25) is 0 Å². The maximum Gasteiger partial charge on any atom is 0.284 e. The van der Waals surface area contributed by atoms with Gasteiger partial charge in [-0.2, -0.15) is 0 Å². The van der Waals surface area contributed by atoms with Gasteiger partial charge in [-0.3, -0.25) is 4.79 Å². The van der Waals surface area contributed by atoms with Crippen LogP contribution in [0.4, 0.5) is 0 Å². The lowest BCUT2D eigenvalue weighted by Gasteiger charge is -1.98. The molecule has 0 spiro atoms. The third-order valence-corrected chi connectivity index (χ3v) is 3.36. The number of primary amides is 1. The van der Waals surface area contributed by atoms with E-state index in [4.69, 9.17) is 14.9 Å². The van der Waals surface area contributed by atoms with Crippen molar-refractivity contribution in [1.29, 1.82) is 0 Å². The van der Waals surface area contributed by atoms with Crippen molar-refractivity contribution in [3.8, 4) is 5.75 Å². The van der Waals surface area contributed by atoms with Gasteiger partial charge in [0.1, 0.15) is 11.3 Å². The molecule has 2 rings (SSSR count). The first-order chi connectivity index (χ1) is 9.51. The summed E-state index contributed by atoms with van der Waals surface area (Å²) in [7, 11) is 1.58. The smallest absolute Gasteiger partial charge is 0.284 e. The molecular weight excluding hydrogens is 254 g/mol. The van der Waals surface area contributed by atoms with Crippen LogP contribution in [0.25, 0.3) is 11.0 Å². The van der Waals surface area contributed by atoms with Gasteiger partial charge < -0.3 is 14.9 Å². The van der Waals surface area contributed by atoms with Crippen LogP contribution >= 0.6 is 0 Å². The van der Waals surface area contributed by atoms with E-state index in [2.05, 4.69) is 20.8 Å². The molecule has 1 aromatic carbocycles. The van der Waals surface area contributed by atoms with E-state index in [-0.39, 0.29) is 5.76 Å². The fraction of sp³-hybridized carbons (Fsp3) is 0.438. The highest BCUT2D eigenvalue weighted by molar-refractivity contribution is 5.95. The van der Waals surface area contributed by atoms with Gasteiger partial charge in [0.2, 0.25) is 0 Å². The summed E-state index contributed by atoms with van der Waals surface area (Å²) in [6.45, 7) is 6.74. The topological polar surface area (TPSA) is 65.5 Å². The van der Waals surface area contributed by atoms with Crippen molar-refractivity contribution in [3.63, 3.8) is 0 Å². The van der Waals surface area contributed by atoms with E-state index >= 15 is 0 Å². The number of methoxy groups -OCH3 is 1. The third-order valence-electron chi connectivity index (χ3n) is 3.36. The Morgan fingerprint density at radius 1 is 1.30 bits per heavy atom. The van der Waals surface area contributed by atoms with E-state index in [0.717, 1.165) is 11.3 Å². The minimum atomic E-state index is -0.569. The molecule has 20 heavy (non-hydrogen) atoms. The summed E-state index contributed by atoms with van der Waals surface area (Å²) in [6, 6.07) is 6.88. The Labute approximate surface area is 119 Å². The van der Waals surface area contributed by atoms with Crippen LogP contribution in [-0.2, 0) is 0 Å². The molecule has 2 aromatic rings. The number of amides is 1. The Hall–Kier alpha value is -1.97. The second kappa shape index (κ2) is 7.58. The van der Waals surface area contributed by atoms with Gasteiger partial charge in [-0.15, -0.1) is 0 Å². The highest BCUT2D eigenvalue weighted by Gasteiger charge is 2.08. The molecule has 1 heterocycles. The van der Waals surface area contributed by atoms with Crippen molar-refractivity contribution >= 4 is 16.9 Å². The van der Waals surface area contributed by atoms with Gasteiger partial charge in [-0.1, -0.05) is 33.6 Å². The minimum Gasteiger partial charge on any atom is -0.497 e. The monoisotopic (exact) mass is 277 g/mol. The van der Waals surface area contributed by atoms with Crippen molar-refractivity contribution < 1.29 is 13.9 Å². The molecular formula is C16H23NO3. The number of rotatable bonds is 4. The maximum absolute atomic E-state index is 10.8. The zero-order chi connectivity index (χ0) is 15.1. The summed E-state index contributed by atoms with van der Waals surface area (Å²) in [4.78, 5) is 10.8. The van der Waals surface area contributed by atoms with Gasteiger partial charge in [0.05, 0.1) is 7.11 Å². The molecule has 0 aliphatic carbocycles. The van der Waals surface area contributed by atoms with Crippen molar-refractivity contribution in [3.05, 3.63) is 30.0 Å². The van der Waals surface area contributed by atoms with Crippen LogP contribution < -0.4 is 10.5 Å². The predicted octanol–water partition coefficient (Wildman–Crippen LogP) is 3.98. The molecule has 4 heteroatoms. The van der Waals surface area contributed by atoms with E-state index in [1.54, 1.807) is 31.4 Å². The average Bonchev–Trinajstić information content (AvgIpc) is 2.90. The Balaban J connectivity index is 0.000000286. The van der Waals surface area contributed by atoms with Gasteiger partial charge in [-0.25, -0.2) is 0 Å². The second-order valence-corrected chi connectivity index (χ2v) is 4.80. The van der Waals surface area contributed by atoms with E-state index in [1.807, 2.05) is 0 Å². The number of furan rings is 1. The van der Waals surface area contributed by atoms with Gasteiger partial charge in [0.25, 0.3) is 5.91 Å². The van der Waals surface area contributed by atoms with Crippen LogP contribution in [-0.4, -0.2) is 13.0 Å². The van der Waals surface area contributed by atoms with Gasteiger partial charge in [0.15, 0.2) is 5.76 Å². The summed E-state index contributed by atoms with van der Waals surface area (Å²) in [5, 5.41) is 0.804. The minimum absolute atomic E-state index is 0.160. The first-order valence-corrected chi connectivity index (χ1v) is 6.89. The Morgan fingerprint density at radius 3 is 2.40 bits per heavy atom. The number of fused-ring (bicyclic) bond motifs is 1. The molecule has 1 amide bonds. The fourth-order valence-corrected chi connectivity index (χ4v) is 1.56. The predicted molar refractivity (Wildman–Crippen MR) is 81.0 cm³/mol. The molecule has 1 aromatic heterocycles. The van der Waals surface area contributed by atoms with Gasteiger partial charge in [-0.05, 0) is 30.2 Å². The number of carbonyl (C=O) groups excluding carboxylic acids is 1. The molecule has 4 nitrogen and oxygen atoms in total. The van der Waals surface area contributed by atoms with Crippen LogP contribution in [0.5, 0.6) is 5.75 Å². The van der Waals surface area contributed by atoms with E-state index in [1.165, 1.54) is 12.8 Å². The molecule has 0 unspecified atom stereocenters. The number of hydrogen-bond donors (Lipinski definition) is 1. The quantitative estimate of drug-likeness (QED) is 0.919. The molecule has 2 N–H and O–H groups in total. The number of nitrogens with two attached hydrogens (primary N) is 1. The summed E-state index contributed by atoms with van der Waals surface area (Å²) in [5.74, 6) is 1.24. The summed E-state index contributed by atoms with van der Waals surface area (Å²) in [5.41, 5.74) is 5.71. The third kappa shape index (κ3) is 4.30. The first-order valence-electron chi connectivity index (χ1n) is 6.89. The molecule has 0 radical (unpaired) electrons. The molecule has 0 saturated heterocycles. The zero-order valence-electron chi connectivity index (χ0n) is 12.6. The number of benzene rings is 1. The van der Waals surface area contributed by atoms with Crippen LogP contribution in [0.3, 0.4) is 0 Å². The SMILES string of the molecule is CCC(C)CC.COc1ccc2oc(C(N)=O)cc2c1. The molecule has 0 saturated carbocycles. The van der Waals surface area contributed by atoms with Crippen LogP contribution in [0.1, 0.15) is 44.2 Å². The van der Waals surface area contributed by atoms with Crippen molar-refractivity contribution in [1.82, 2.24) is 0 Å². The lowest BCUT2D eigenvalue weighted by Crippen LogP contribution is -2.08. The molecule has 0 fully saturated rings. The Kier molecular flexibility index (Phi) is 6.10. The first kappa shape index (κ1) is 16.1. The van der Waals surface area contributed by atoms with Crippen LogP contribution in [0.15, 0.2) is 28.7 Å². The number of carbonyl (C=O) groups is 1. The standard InChI is InChI=1S/C10H9NO3.C6H14/c1-13-7-2-3-8-6(4-7)5-9(14-8)10(11)12;1-4-6(3)5-2/h2-5H,1H3,(H2,11,12);6H,4-5H2,1-3H3. The normalized spacial score (nSPS) is 10.2. The molecule has 110 valence electrons.